The van der Waals surface area contributed by atoms with Crippen molar-refractivity contribution in [2.75, 3.05) is 40.5 Å². The minimum absolute atomic E-state index is 0.331. The van der Waals surface area contributed by atoms with E-state index in [2.05, 4.69) is 24.1 Å². The average molecular weight is 291 g/mol. The number of hydrogen-bond donors (Lipinski definition) is 0. The number of nitrogens with zero attached hydrogens (tertiary/aromatic N) is 1. The fourth-order valence-corrected chi connectivity index (χ4v) is 3.49. The maximum atomic E-state index is 5.95. The predicted molar refractivity (Wildman–Crippen MR) is 81.6 cm³/mol. The number of rotatable bonds is 3. The first-order chi connectivity index (χ1) is 10.2. The monoisotopic (exact) mass is 291 g/mol. The van der Waals surface area contributed by atoms with Crippen molar-refractivity contribution in [2.45, 2.75) is 25.0 Å². The lowest BCUT2D eigenvalue weighted by atomic mass is 9.92. The minimum atomic E-state index is -0.331. The van der Waals surface area contributed by atoms with E-state index in [0.29, 0.717) is 5.92 Å². The van der Waals surface area contributed by atoms with E-state index >= 15 is 0 Å². The molecule has 4 nitrogen and oxygen atoms in total. The third kappa shape index (κ3) is 3.57. The second-order valence-electron chi connectivity index (χ2n) is 6.24. The SMILES string of the molecule is COc1ccc(CC2CN(C)CCC3(C2)OCCO3)cc1. The number of likely N-dealkylation sites (tertiary alicyclic amines) is 1. The molecule has 0 bridgehead atoms. The molecule has 1 aromatic rings. The van der Waals surface area contributed by atoms with Crippen LogP contribution < -0.4 is 4.74 Å². The molecule has 116 valence electrons. The van der Waals surface area contributed by atoms with Gasteiger partial charge in [0.25, 0.3) is 0 Å². The first-order valence-corrected chi connectivity index (χ1v) is 7.78. The number of ether oxygens (including phenoxy) is 3. The lowest BCUT2D eigenvalue weighted by Crippen LogP contribution is -2.33. The quantitative estimate of drug-likeness (QED) is 0.855. The Morgan fingerprint density at radius 1 is 1.24 bits per heavy atom. The number of benzene rings is 1. The summed E-state index contributed by atoms with van der Waals surface area (Å²) < 4.78 is 17.1. The molecule has 2 aliphatic heterocycles. The Kier molecular flexibility index (Phi) is 4.48. The summed E-state index contributed by atoms with van der Waals surface area (Å²) >= 11 is 0. The molecule has 2 fully saturated rings. The molecule has 1 unspecified atom stereocenters. The van der Waals surface area contributed by atoms with Crippen LogP contribution in [0.2, 0.25) is 0 Å². The molecular weight excluding hydrogens is 266 g/mol. The lowest BCUT2D eigenvalue weighted by Gasteiger charge is -2.28. The fraction of sp³-hybridized carbons (Fsp3) is 0.647. The van der Waals surface area contributed by atoms with Gasteiger partial charge >= 0.3 is 0 Å². The van der Waals surface area contributed by atoms with Crippen molar-refractivity contribution in [3.63, 3.8) is 0 Å². The van der Waals surface area contributed by atoms with Crippen molar-refractivity contribution < 1.29 is 14.2 Å². The van der Waals surface area contributed by atoms with Crippen molar-refractivity contribution in [1.29, 1.82) is 0 Å². The van der Waals surface area contributed by atoms with Crippen molar-refractivity contribution in [3.05, 3.63) is 29.8 Å². The summed E-state index contributed by atoms with van der Waals surface area (Å²) in [5.74, 6) is 1.14. The molecular formula is C17H25NO3. The van der Waals surface area contributed by atoms with Gasteiger partial charge in [-0.25, -0.2) is 0 Å². The van der Waals surface area contributed by atoms with Crippen LogP contribution in [-0.4, -0.2) is 51.1 Å². The number of hydrogen-bond acceptors (Lipinski definition) is 4. The third-order valence-electron chi connectivity index (χ3n) is 4.54. The highest BCUT2D eigenvalue weighted by Crippen LogP contribution is 2.35. The summed E-state index contributed by atoms with van der Waals surface area (Å²) in [6.45, 7) is 3.61. The minimum Gasteiger partial charge on any atom is -0.497 e. The molecule has 4 heteroatoms. The predicted octanol–water partition coefficient (Wildman–Crippen LogP) is 2.32. The molecule has 0 amide bonds. The molecule has 0 aromatic heterocycles. The zero-order chi connectivity index (χ0) is 14.7. The Labute approximate surface area is 127 Å². The Bertz CT molecular complexity index is 454. The highest BCUT2D eigenvalue weighted by molar-refractivity contribution is 5.27. The topological polar surface area (TPSA) is 30.9 Å². The van der Waals surface area contributed by atoms with Crippen molar-refractivity contribution in [3.8, 4) is 5.75 Å². The maximum Gasteiger partial charge on any atom is 0.170 e. The van der Waals surface area contributed by atoms with E-state index < -0.39 is 0 Å². The average Bonchev–Trinajstić information content (AvgIpc) is 2.88. The van der Waals surface area contributed by atoms with Gasteiger partial charge in [-0.2, -0.15) is 0 Å². The summed E-state index contributed by atoms with van der Waals surface area (Å²) in [4.78, 5) is 2.40. The van der Waals surface area contributed by atoms with E-state index in [9.17, 15) is 0 Å². The van der Waals surface area contributed by atoms with Gasteiger partial charge in [0.15, 0.2) is 5.79 Å². The largest absolute Gasteiger partial charge is 0.497 e. The molecule has 0 radical (unpaired) electrons. The molecule has 1 aromatic carbocycles. The van der Waals surface area contributed by atoms with Gasteiger partial charge in [-0.1, -0.05) is 12.1 Å². The van der Waals surface area contributed by atoms with Crippen LogP contribution in [0.3, 0.4) is 0 Å². The molecule has 2 saturated heterocycles. The summed E-state index contributed by atoms with van der Waals surface area (Å²) in [7, 11) is 3.89. The molecule has 0 N–H and O–H groups in total. The first-order valence-electron chi connectivity index (χ1n) is 7.78. The molecule has 0 saturated carbocycles. The summed E-state index contributed by atoms with van der Waals surface area (Å²) in [5.41, 5.74) is 1.35. The van der Waals surface area contributed by atoms with Crippen LogP contribution >= 0.6 is 0 Å². The van der Waals surface area contributed by atoms with Crippen LogP contribution in [0.4, 0.5) is 0 Å². The van der Waals surface area contributed by atoms with E-state index in [0.717, 1.165) is 51.3 Å². The van der Waals surface area contributed by atoms with Crippen molar-refractivity contribution in [2.24, 2.45) is 5.92 Å². The number of methoxy groups -OCH3 is 1. The molecule has 2 heterocycles. The van der Waals surface area contributed by atoms with Gasteiger partial charge in [-0.3, -0.25) is 0 Å². The maximum absolute atomic E-state index is 5.95. The van der Waals surface area contributed by atoms with E-state index in [1.54, 1.807) is 7.11 Å². The summed E-state index contributed by atoms with van der Waals surface area (Å²) in [5, 5.41) is 0. The Morgan fingerprint density at radius 3 is 2.62 bits per heavy atom. The van der Waals surface area contributed by atoms with E-state index in [1.165, 1.54) is 5.56 Å². The van der Waals surface area contributed by atoms with E-state index in [1.807, 2.05) is 12.1 Å². The van der Waals surface area contributed by atoms with Gasteiger partial charge < -0.3 is 19.1 Å². The van der Waals surface area contributed by atoms with Gasteiger partial charge in [0.2, 0.25) is 0 Å². The van der Waals surface area contributed by atoms with Gasteiger partial charge in [0, 0.05) is 25.9 Å². The van der Waals surface area contributed by atoms with Gasteiger partial charge in [-0.15, -0.1) is 0 Å². The molecule has 2 aliphatic rings. The Morgan fingerprint density at radius 2 is 1.95 bits per heavy atom. The van der Waals surface area contributed by atoms with Crippen molar-refractivity contribution >= 4 is 0 Å². The van der Waals surface area contributed by atoms with Gasteiger partial charge in [0.05, 0.1) is 20.3 Å². The zero-order valence-electron chi connectivity index (χ0n) is 13.0. The smallest absolute Gasteiger partial charge is 0.170 e. The lowest BCUT2D eigenvalue weighted by molar-refractivity contribution is -0.169. The van der Waals surface area contributed by atoms with Crippen LogP contribution in [0.5, 0.6) is 5.75 Å². The normalized spacial score (nSPS) is 25.9. The molecule has 0 aliphatic carbocycles. The molecule has 3 rings (SSSR count). The highest BCUT2D eigenvalue weighted by Gasteiger charge is 2.40. The second kappa shape index (κ2) is 6.34. The van der Waals surface area contributed by atoms with Crippen molar-refractivity contribution in [1.82, 2.24) is 4.90 Å². The Balaban J connectivity index is 1.69. The van der Waals surface area contributed by atoms with E-state index in [-0.39, 0.29) is 5.79 Å². The van der Waals surface area contributed by atoms with Crippen LogP contribution in [0.15, 0.2) is 24.3 Å². The zero-order valence-corrected chi connectivity index (χ0v) is 13.0. The summed E-state index contributed by atoms with van der Waals surface area (Å²) in [6, 6.07) is 8.39. The second-order valence-corrected chi connectivity index (χ2v) is 6.24. The van der Waals surface area contributed by atoms with Crippen LogP contribution in [0.1, 0.15) is 18.4 Å². The Hall–Kier alpha value is -1.10. The summed E-state index contributed by atoms with van der Waals surface area (Å²) in [6.07, 6.45) is 3.02. The van der Waals surface area contributed by atoms with Gasteiger partial charge in [-0.05, 0) is 37.1 Å². The molecule has 21 heavy (non-hydrogen) atoms. The van der Waals surface area contributed by atoms with Crippen LogP contribution in [0, 0.1) is 5.92 Å². The first kappa shape index (κ1) is 14.8. The standard InChI is InChI=1S/C17H25NO3/c1-18-8-7-17(20-9-10-21-17)12-15(13-18)11-14-3-5-16(19-2)6-4-14/h3-6,15H,7-13H2,1-2H3. The van der Waals surface area contributed by atoms with Crippen LogP contribution in [0.25, 0.3) is 0 Å². The van der Waals surface area contributed by atoms with Crippen LogP contribution in [-0.2, 0) is 15.9 Å². The highest BCUT2D eigenvalue weighted by atomic mass is 16.7. The van der Waals surface area contributed by atoms with E-state index in [4.69, 9.17) is 14.2 Å². The fourth-order valence-electron chi connectivity index (χ4n) is 3.49. The van der Waals surface area contributed by atoms with Gasteiger partial charge in [0.1, 0.15) is 5.75 Å². The molecule has 1 atom stereocenters. The third-order valence-corrected chi connectivity index (χ3v) is 4.54. The molecule has 1 spiro atoms.